The van der Waals surface area contributed by atoms with Crippen molar-refractivity contribution in [3.63, 3.8) is 0 Å². The van der Waals surface area contributed by atoms with E-state index in [4.69, 9.17) is 14.2 Å². The first-order valence-corrected chi connectivity index (χ1v) is 14.2. The SMILES string of the molecule is CC(C(=O)O)[C@]12C[C@@](c3ccc(O)c(O)c3)(Oc3ccc([N+](=O)[O-])cc31)Oc1ccc3c(c12)O[C@@H](c1ccc(O)c(O)c1)CC3. The number of phenols is 4. The van der Waals surface area contributed by atoms with Crippen molar-refractivity contribution in [3.8, 4) is 40.2 Å². The van der Waals surface area contributed by atoms with Crippen LogP contribution in [0.3, 0.4) is 0 Å². The number of nitro groups is 1. The Kier molecular flexibility index (Phi) is 6.05. The number of nitrogens with zero attached hydrogens (tertiary/aromatic N) is 1. The molecule has 3 heterocycles. The van der Waals surface area contributed by atoms with Crippen molar-refractivity contribution in [2.24, 2.45) is 5.92 Å². The maximum Gasteiger partial charge on any atom is 0.307 e. The van der Waals surface area contributed by atoms with Gasteiger partial charge in [0.2, 0.25) is 0 Å². The Bertz CT molecular complexity index is 1920. The summed E-state index contributed by atoms with van der Waals surface area (Å²) >= 11 is 0. The molecule has 0 saturated carbocycles. The molecule has 0 saturated heterocycles. The van der Waals surface area contributed by atoms with Crippen molar-refractivity contribution >= 4 is 11.7 Å². The van der Waals surface area contributed by atoms with Crippen molar-refractivity contribution in [3.05, 3.63) is 105 Å². The van der Waals surface area contributed by atoms with Crippen LogP contribution in [0.5, 0.6) is 40.2 Å². The van der Waals surface area contributed by atoms with Gasteiger partial charge in [0.1, 0.15) is 23.4 Å². The number of carboxylic acids is 1. The lowest BCUT2D eigenvalue weighted by atomic mass is 9.58. The highest BCUT2D eigenvalue weighted by atomic mass is 16.7. The van der Waals surface area contributed by atoms with Crippen LogP contribution < -0.4 is 14.2 Å². The van der Waals surface area contributed by atoms with E-state index in [-0.39, 0.29) is 52.0 Å². The third-order valence-corrected chi connectivity index (χ3v) is 9.20. The van der Waals surface area contributed by atoms with Gasteiger partial charge in [-0.25, -0.2) is 0 Å². The van der Waals surface area contributed by atoms with E-state index in [0.29, 0.717) is 29.7 Å². The number of carbonyl (C=O) groups is 1. The third kappa shape index (κ3) is 4.09. The minimum Gasteiger partial charge on any atom is -0.504 e. The van der Waals surface area contributed by atoms with Crippen LogP contribution >= 0.6 is 0 Å². The van der Waals surface area contributed by atoms with Crippen molar-refractivity contribution in [2.45, 2.75) is 43.5 Å². The predicted octanol–water partition coefficient (Wildman–Crippen LogP) is 5.52. The van der Waals surface area contributed by atoms with E-state index < -0.39 is 39.9 Å². The highest BCUT2D eigenvalue weighted by molar-refractivity contribution is 5.78. The number of rotatable bonds is 5. The van der Waals surface area contributed by atoms with Crippen molar-refractivity contribution in [1.29, 1.82) is 0 Å². The van der Waals surface area contributed by atoms with Crippen LogP contribution in [0.1, 0.15) is 53.7 Å². The summed E-state index contributed by atoms with van der Waals surface area (Å²) < 4.78 is 19.7. The average molecular weight is 614 g/mol. The molecular formula is C33H27NO11. The monoisotopic (exact) mass is 613 g/mol. The van der Waals surface area contributed by atoms with Gasteiger partial charge in [-0.2, -0.15) is 0 Å². The zero-order chi connectivity index (χ0) is 31.8. The van der Waals surface area contributed by atoms with Gasteiger partial charge in [-0.1, -0.05) is 19.1 Å². The van der Waals surface area contributed by atoms with Gasteiger partial charge < -0.3 is 39.7 Å². The second-order valence-corrected chi connectivity index (χ2v) is 11.6. The topological polar surface area (TPSA) is 189 Å². The molecular weight excluding hydrogens is 586 g/mol. The lowest BCUT2D eigenvalue weighted by Crippen LogP contribution is -2.57. The number of hydrogen-bond donors (Lipinski definition) is 5. The Morgan fingerprint density at radius 3 is 2.29 bits per heavy atom. The fourth-order valence-electron chi connectivity index (χ4n) is 6.91. The number of phenolic OH excluding ortho intramolecular Hbond substituents is 4. The van der Waals surface area contributed by atoms with Crippen LogP contribution in [0.2, 0.25) is 0 Å². The summed E-state index contributed by atoms with van der Waals surface area (Å²) in [5.41, 5.74) is 0.495. The standard InChI is InChI=1S/C33H27NO11/c1-16(31(39)40)32-15-33(19-5-8-23(36)25(38)13-19,44-27-11-6-20(34(41)42)14-21(27)32)45-28-10-4-17-3-9-26(43-30(17)29(28)32)18-2-7-22(35)24(37)12-18/h2,4-8,10-14,16,26,35-38H,3,9,15H2,1H3,(H,39,40)/t16?,26-,32-,33-/m1/s1. The maximum absolute atomic E-state index is 13.0. The average Bonchev–Trinajstić information content (AvgIpc) is 3.02. The van der Waals surface area contributed by atoms with Crippen LogP contribution in [-0.2, 0) is 22.4 Å². The number of non-ortho nitro benzene ring substituents is 1. The fourth-order valence-corrected chi connectivity index (χ4v) is 6.91. The predicted molar refractivity (Wildman–Crippen MR) is 156 cm³/mol. The summed E-state index contributed by atoms with van der Waals surface area (Å²) in [6.07, 6.45) is 0.267. The lowest BCUT2D eigenvalue weighted by Gasteiger charge is -2.54. The highest BCUT2D eigenvalue weighted by Crippen LogP contribution is 2.65. The minimum atomic E-state index is -1.71. The molecule has 5 N–H and O–H groups in total. The zero-order valence-electron chi connectivity index (χ0n) is 23.8. The van der Waals surface area contributed by atoms with Crippen LogP contribution in [0.25, 0.3) is 0 Å². The summed E-state index contributed by atoms with van der Waals surface area (Å²) in [7, 11) is 0. The Labute approximate surface area is 255 Å². The van der Waals surface area contributed by atoms with E-state index in [9.17, 15) is 40.4 Å². The molecule has 4 aromatic rings. The highest BCUT2D eigenvalue weighted by Gasteiger charge is 2.63. The molecule has 230 valence electrons. The second kappa shape index (κ2) is 9.68. The number of aromatic hydroxyl groups is 4. The van der Waals surface area contributed by atoms with E-state index in [2.05, 4.69) is 0 Å². The van der Waals surface area contributed by atoms with Crippen LogP contribution in [0, 0.1) is 16.0 Å². The second-order valence-electron chi connectivity index (χ2n) is 11.6. The normalized spacial score (nSPS) is 23.2. The molecule has 0 radical (unpaired) electrons. The molecule has 0 fully saturated rings. The first kappa shape index (κ1) is 28.1. The largest absolute Gasteiger partial charge is 0.504 e. The van der Waals surface area contributed by atoms with Crippen molar-refractivity contribution in [2.75, 3.05) is 0 Å². The number of nitro benzene ring substituents is 1. The van der Waals surface area contributed by atoms with E-state index in [0.717, 1.165) is 5.56 Å². The van der Waals surface area contributed by atoms with Crippen LogP contribution in [-0.4, -0.2) is 36.4 Å². The summed E-state index contributed by atoms with van der Waals surface area (Å²) in [5, 5.41) is 63.1. The van der Waals surface area contributed by atoms with Gasteiger partial charge in [-0.15, -0.1) is 0 Å². The Balaban J connectivity index is 1.52. The number of aryl methyl sites for hydroxylation is 1. The number of aliphatic carboxylic acids is 1. The molecule has 0 aliphatic carbocycles. The molecule has 45 heavy (non-hydrogen) atoms. The molecule has 2 bridgehead atoms. The van der Waals surface area contributed by atoms with Gasteiger partial charge in [-0.3, -0.25) is 14.9 Å². The van der Waals surface area contributed by atoms with Gasteiger partial charge in [0.05, 0.1) is 16.3 Å². The molecule has 7 rings (SSSR count). The Hall–Kier alpha value is -5.65. The number of fused-ring (bicyclic) bond motifs is 8. The quantitative estimate of drug-likeness (QED) is 0.108. The van der Waals surface area contributed by atoms with Gasteiger partial charge in [0.15, 0.2) is 23.0 Å². The third-order valence-electron chi connectivity index (χ3n) is 9.20. The maximum atomic E-state index is 13.0. The summed E-state index contributed by atoms with van der Waals surface area (Å²) in [4.78, 5) is 24.4. The molecule has 0 amide bonds. The van der Waals surface area contributed by atoms with Gasteiger partial charge >= 0.3 is 5.97 Å². The number of ether oxygens (including phenoxy) is 3. The fraction of sp³-hybridized carbons (Fsp3) is 0.242. The van der Waals surface area contributed by atoms with Crippen LogP contribution in [0.4, 0.5) is 5.69 Å². The number of benzene rings is 4. The Morgan fingerprint density at radius 2 is 1.60 bits per heavy atom. The first-order valence-electron chi connectivity index (χ1n) is 14.2. The summed E-state index contributed by atoms with van der Waals surface area (Å²) in [5.74, 6) is -4.81. The summed E-state index contributed by atoms with van der Waals surface area (Å²) in [6, 6.07) is 15.9. The van der Waals surface area contributed by atoms with E-state index >= 15 is 0 Å². The molecule has 4 aromatic carbocycles. The number of hydrogen-bond acceptors (Lipinski definition) is 10. The van der Waals surface area contributed by atoms with E-state index in [1.54, 1.807) is 18.2 Å². The molecule has 3 aliphatic rings. The summed E-state index contributed by atoms with van der Waals surface area (Å²) in [6.45, 7) is 1.52. The molecule has 1 unspecified atom stereocenters. The molecule has 4 atom stereocenters. The van der Waals surface area contributed by atoms with Crippen molar-refractivity contribution < 1.29 is 49.5 Å². The lowest BCUT2D eigenvalue weighted by molar-refractivity contribution is -0.385. The van der Waals surface area contributed by atoms with Crippen LogP contribution in [0.15, 0.2) is 66.7 Å². The zero-order valence-corrected chi connectivity index (χ0v) is 23.8. The molecule has 3 aliphatic heterocycles. The molecule has 12 nitrogen and oxygen atoms in total. The van der Waals surface area contributed by atoms with E-state index in [1.165, 1.54) is 55.5 Å². The smallest absolute Gasteiger partial charge is 0.307 e. The van der Waals surface area contributed by atoms with Gasteiger partial charge in [-0.05, 0) is 66.4 Å². The minimum absolute atomic E-state index is 0.145. The molecule has 0 spiro atoms. The van der Waals surface area contributed by atoms with Crippen molar-refractivity contribution in [1.82, 2.24) is 0 Å². The molecule has 0 aromatic heterocycles. The van der Waals surface area contributed by atoms with Gasteiger partial charge in [0.25, 0.3) is 11.5 Å². The van der Waals surface area contributed by atoms with Gasteiger partial charge in [0, 0.05) is 35.2 Å². The first-order chi connectivity index (χ1) is 21.4. The number of carboxylic acid groups (broad SMARTS) is 1. The Morgan fingerprint density at radius 1 is 0.911 bits per heavy atom. The van der Waals surface area contributed by atoms with E-state index in [1.807, 2.05) is 0 Å². The molecule has 12 heteroatoms.